The number of ketones is 6. The maximum atomic E-state index is 15.0. The summed E-state index contributed by atoms with van der Waals surface area (Å²) in [5.74, 6) is -4.12. The number of Topliss-reactive ketones (excluding diaryl/α,β-unsaturated/α-hetero) is 6. The first-order chi connectivity index (χ1) is 25.4. The van der Waals surface area contributed by atoms with Crippen molar-refractivity contribution in [2.24, 2.45) is 0 Å². The van der Waals surface area contributed by atoms with Crippen LogP contribution in [0.15, 0.2) is 182 Å². The van der Waals surface area contributed by atoms with Crippen LogP contribution in [-0.4, -0.2) is 34.7 Å². The molecule has 0 atom stereocenters. The van der Waals surface area contributed by atoms with E-state index in [1.807, 2.05) is 0 Å². The first-order valence-corrected chi connectivity index (χ1v) is 18.4. The van der Waals surface area contributed by atoms with Gasteiger partial charge in [0.25, 0.3) is 0 Å². The molecule has 6 aromatic rings. The first kappa shape index (κ1) is 35.7. The molecule has 0 heterocycles. The van der Waals surface area contributed by atoms with E-state index in [9.17, 15) is 0 Å². The Kier molecular flexibility index (Phi) is 11.5. The molecule has 6 nitrogen and oxygen atoms in total. The van der Waals surface area contributed by atoms with Crippen LogP contribution in [0.25, 0.3) is 0 Å². The maximum absolute atomic E-state index is 15.0. The topological polar surface area (TPSA) is 102 Å². The van der Waals surface area contributed by atoms with Crippen molar-refractivity contribution >= 4 is 34.7 Å². The van der Waals surface area contributed by atoms with Crippen molar-refractivity contribution < 1.29 is 42.7 Å². The molecule has 0 amide bonds. The number of rotatable bonds is 15. The SMILES string of the molecule is O=C(c1ccccc1)[CH](C(=O)c1ccccc1)[Fe]([CH](C(=O)c1ccccc1)C(=O)c1ccccc1)[CH](C(=O)c1ccccc1)C(=O)c1ccccc1. The second kappa shape index (κ2) is 16.7. The summed E-state index contributed by atoms with van der Waals surface area (Å²) in [4.78, 5) is 84.8. The molecule has 0 aliphatic rings. The summed E-state index contributed by atoms with van der Waals surface area (Å²) < 4.78 is 0. The summed E-state index contributed by atoms with van der Waals surface area (Å²) in [5, 5.41) is 0. The van der Waals surface area contributed by atoms with Gasteiger partial charge in [0.1, 0.15) is 0 Å². The monoisotopic (exact) mass is 725 g/mol. The second-order valence-corrected chi connectivity index (χ2v) is 14.8. The Bertz CT molecular complexity index is 1780. The van der Waals surface area contributed by atoms with Crippen LogP contribution in [-0.2, 0) is 13.9 Å². The van der Waals surface area contributed by atoms with Gasteiger partial charge in [-0.1, -0.05) is 0 Å². The molecule has 0 saturated carbocycles. The number of carbonyl (C=O) groups excluding carboxylic acids is 6. The molecular formula is C45H33FeO6. The van der Waals surface area contributed by atoms with Gasteiger partial charge in [-0.3, -0.25) is 0 Å². The Hall–Kier alpha value is -6.14. The fourth-order valence-electron chi connectivity index (χ4n) is 5.82. The Morgan fingerprint density at radius 3 is 0.519 bits per heavy atom. The molecule has 0 unspecified atom stereocenters. The molecule has 0 saturated heterocycles. The third kappa shape index (κ3) is 7.77. The van der Waals surface area contributed by atoms with Gasteiger partial charge in [-0.2, -0.15) is 0 Å². The van der Waals surface area contributed by atoms with Gasteiger partial charge in [0.15, 0.2) is 0 Å². The van der Waals surface area contributed by atoms with Gasteiger partial charge in [-0.05, 0) is 0 Å². The van der Waals surface area contributed by atoms with Crippen molar-refractivity contribution in [1.82, 2.24) is 0 Å². The predicted octanol–water partition coefficient (Wildman–Crippen LogP) is 9.27. The van der Waals surface area contributed by atoms with Crippen LogP contribution in [0.4, 0.5) is 0 Å². The standard InChI is InChI=1S/3C15H11O2.Fe/c3*16-14(12-7-3-1-4-8-12)11-15(17)13-9-5-2-6-10-13;/h3*1-11H;. The predicted molar refractivity (Wildman–Crippen MR) is 196 cm³/mol. The van der Waals surface area contributed by atoms with Crippen molar-refractivity contribution in [2.75, 3.05) is 0 Å². The van der Waals surface area contributed by atoms with Crippen LogP contribution in [0, 0.1) is 0 Å². The third-order valence-corrected chi connectivity index (χ3v) is 12.3. The fraction of sp³-hybridized carbons (Fsp3) is 0.0667. The van der Waals surface area contributed by atoms with Crippen molar-refractivity contribution in [1.29, 1.82) is 0 Å². The Balaban J connectivity index is 1.71. The normalized spacial score (nSPS) is 11.2. The van der Waals surface area contributed by atoms with Crippen molar-refractivity contribution in [3.05, 3.63) is 215 Å². The fourth-order valence-corrected chi connectivity index (χ4v) is 10.0. The van der Waals surface area contributed by atoms with Gasteiger partial charge in [-0.15, -0.1) is 0 Å². The molecule has 0 aliphatic heterocycles. The number of carbonyl (C=O) groups is 6. The zero-order valence-corrected chi connectivity index (χ0v) is 29.0. The van der Waals surface area contributed by atoms with Crippen LogP contribution in [0.5, 0.6) is 0 Å². The van der Waals surface area contributed by atoms with E-state index in [0.29, 0.717) is 0 Å². The van der Waals surface area contributed by atoms with Crippen LogP contribution in [0.2, 0.25) is 14.4 Å². The summed E-state index contributed by atoms with van der Waals surface area (Å²) >= 11 is -3.13. The average molecular weight is 726 g/mol. The molecule has 0 aromatic heterocycles. The zero-order valence-electron chi connectivity index (χ0n) is 27.9. The Morgan fingerprint density at radius 2 is 0.385 bits per heavy atom. The number of hydrogen-bond donors (Lipinski definition) is 0. The van der Waals surface area contributed by atoms with Gasteiger partial charge in [0.2, 0.25) is 0 Å². The molecule has 6 aromatic carbocycles. The van der Waals surface area contributed by atoms with Gasteiger partial charge in [0.05, 0.1) is 0 Å². The Morgan fingerprint density at radius 1 is 0.250 bits per heavy atom. The zero-order chi connectivity index (χ0) is 36.5. The van der Waals surface area contributed by atoms with Crippen LogP contribution < -0.4 is 0 Å². The van der Waals surface area contributed by atoms with Gasteiger partial charge in [0, 0.05) is 0 Å². The van der Waals surface area contributed by atoms with Crippen LogP contribution >= 0.6 is 0 Å². The number of hydrogen-bond acceptors (Lipinski definition) is 6. The van der Waals surface area contributed by atoms with E-state index < -0.39 is 63.0 Å². The Labute approximate surface area is 306 Å². The summed E-state index contributed by atoms with van der Waals surface area (Å²) in [7, 11) is 0. The van der Waals surface area contributed by atoms with E-state index in [-0.39, 0.29) is 33.4 Å². The van der Waals surface area contributed by atoms with Crippen molar-refractivity contribution in [2.45, 2.75) is 14.4 Å². The summed E-state index contributed by atoms with van der Waals surface area (Å²) in [6.45, 7) is 0. The average Bonchev–Trinajstić information content (AvgIpc) is 3.22. The van der Waals surface area contributed by atoms with Crippen LogP contribution in [0.1, 0.15) is 62.1 Å². The summed E-state index contributed by atoms with van der Waals surface area (Å²) in [5.41, 5.74) is 0.863. The molecule has 52 heavy (non-hydrogen) atoms. The molecule has 0 aliphatic carbocycles. The molecule has 0 radical (unpaired) electrons. The number of benzene rings is 6. The first-order valence-electron chi connectivity index (χ1n) is 16.5. The van der Waals surface area contributed by atoms with Gasteiger partial charge < -0.3 is 0 Å². The third-order valence-electron chi connectivity index (χ3n) is 8.40. The minimum atomic E-state index is -3.13. The molecule has 0 fully saturated rings. The van der Waals surface area contributed by atoms with E-state index in [4.69, 9.17) is 0 Å². The van der Waals surface area contributed by atoms with E-state index in [2.05, 4.69) is 0 Å². The van der Waals surface area contributed by atoms with E-state index in [0.717, 1.165) is 0 Å². The molecule has 0 bridgehead atoms. The van der Waals surface area contributed by atoms with Crippen molar-refractivity contribution in [3.63, 3.8) is 0 Å². The molecule has 0 N–H and O–H groups in total. The molecule has 0 spiro atoms. The molecule has 7 heteroatoms. The summed E-state index contributed by atoms with van der Waals surface area (Å²) in [6, 6.07) is 48.6. The van der Waals surface area contributed by atoms with Gasteiger partial charge in [-0.25, -0.2) is 0 Å². The van der Waals surface area contributed by atoms with Crippen molar-refractivity contribution in [3.8, 4) is 0 Å². The van der Waals surface area contributed by atoms with Gasteiger partial charge >= 0.3 is 307 Å². The van der Waals surface area contributed by atoms with E-state index in [1.165, 1.54) is 0 Å². The summed E-state index contributed by atoms with van der Waals surface area (Å²) in [6.07, 6.45) is 0. The van der Waals surface area contributed by atoms with E-state index >= 15 is 28.8 Å². The quantitative estimate of drug-likeness (QED) is 0.0594. The molecule has 6 rings (SSSR count). The second-order valence-electron chi connectivity index (χ2n) is 11.8. The van der Waals surface area contributed by atoms with Crippen LogP contribution in [0.3, 0.4) is 0 Å². The molecular weight excluding hydrogens is 692 g/mol. The van der Waals surface area contributed by atoms with E-state index in [1.54, 1.807) is 182 Å². The molecule has 257 valence electrons. The minimum absolute atomic E-state index is 0.144.